The van der Waals surface area contributed by atoms with Gasteiger partial charge in [-0.1, -0.05) is 22.0 Å². The quantitative estimate of drug-likeness (QED) is 0.677. The van der Waals surface area contributed by atoms with Gasteiger partial charge < -0.3 is 5.11 Å². The zero-order valence-corrected chi connectivity index (χ0v) is 11.4. The molecule has 0 amide bonds. The Labute approximate surface area is 115 Å². The Hall–Kier alpha value is -1.37. The van der Waals surface area contributed by atoms with E-state index in [1.807, 2.05) is 0 Å². The lowest BCUT2D eigenvalue weighted by Crippen LogP contribution is -2.17. The number of carbonyl (C=O) groups is 2. The molecule has 0 aliphatic heterocycles. The lowest BCUT2D eigenvalue weighted by molar-refractivity contribution is -0.137. The SMILES string of the molecule is CC(Br)C(=O)c1cc(C(F)(F)F)ccc1CC(=O)O. The zero-order chi connectivity index (χ0) is 14.8. The van der Waals surface area contributed by atoms with Gasteiger partial charge >= 0.3 is 12.1 Å². The molecule has 0 heterocycles. The number of benzene rings is 1. The Bertz CT molecular complexity index is 509. The van der Waals surface area contributed by atoms with E-state index in [0.717, 1.165) is 12.1 Å². The third-order valence-electron chi connectivity index (χ3n) is 2.41. The molecule has 1 N–H and O–H groups in total. The second-order valence-electron chi connectivity index (χ2n) is 3.92. The average molecular weight is 339 g/mol. The molecular weight excluding hydrogens is 329 g/mol. The molecule has 3 nitrogen and oxygen atoms in total. The summed E-state index contributed by atoms with van der Waals surface area (Å²) in [7, 11) is 0. The van der Waals surface area contributed by atoms with Crippen LogP contribution in [0.5, 0.6) is 0 Å². The number of halogens is 4. The van der Waals surface area contributed by atoms with Crippen LogP contribution in [0, 0.1) is 0 Å². The van der Waals surface area contributed by atoms with E-state index in [4.69, 9.17) is 5.11 Å². The van der Waals surface area contributed by atoms with Crippen molar-refractivity contribution in [3.05, 3.63) is 34.9 Å². The van der Waals surface area contributed by atoms with Crippen LogP contribution in [-0.4, -0.2) is 21.7 Å². The van der Waals surface area contributed by atoms with Gasteiger partial charge in [-0.25, -0.2) is 0 Å². The fourth-order valence-electron chi connectivity index (χ4n) is 1.51. The molecule has 0 aromatic heterocycles. The molecule has 7 heteroatoms. The molecular formula is C12H10BrF3O3. The predicted molar refractivity (Wildman–Crippen MR) is 65.5 cm³/mol. The monoisotopic (exact) mass is 338 g/mol. The molecule has 0 saturated carbocycles. The van der Waals surface area contributed by atoms with E-state index in [9.17, 15) is 22.8 Å². The van der Waals surface area contributed by atoms with Gasteiger partial charge in [0.2, 0.25) is 0 Å². The van der Waals surface area contributed by atoms with E-state index in [1.54, 1.807) is 0 Å². The summed E-state index contributed by atoms with van der Waals surface area (Å²) in [4.78, 5) is 21.8. The summed E-state index contributed by atoms with van der Waals surface area (Å²) in [6.07, 6.45) is -5.08. The van der Waals surface area contributed by atoms with Crippen molar-refractivity contribution in [2.75, 3.05) is 0 Å². The average Bonchev–Trinajstić information content (AvgIpc) is 2.26. The van der Waals surface area contributed by atoms with E-state index >= 15 is 0 Å². The van der Waals surface area contributed by atoms with Crippen molar-refractivity contribution in [1.82, 2.24) is 0 Å². The lowest BCUT2D eigenvalue weighted by Gasteiger charge is -2.13. The van der Waals surface area contributed by atoms with Crippen molar-refractivity contribution in [3.63, 3.8) is 0 Å². The molecule has 0 spiro atoms. The van der Waals surface area contributed by atoms with Gasteiger partial charge in [0.1, 0.15) is 0 Å². The number of aliphatic carboxylic acids is 1. The minimum atomic E-state index is -4.58. The first-order chi connectivity index (χ1) is 8.62. The fraction of sp³-hybridized carbons (Fsp3) is 0.333. The number of rotatable bonds is 4. The topological polar surface area (TPSA) is 54.4 Å². The molecule has 0 aliphatic rings. The maximum atomic E-state index is 12.6. The molecule has 19 heavy (non-hydrogen) atoms. The number of carboxylic acid groups (broad SMARTS) is 1. The van der Waals surface area contributed by atoms with Crippen LogP contribution in [0.15, 0.2) is 18.2 Å². The summed E-state index contributed by atoms with van der Waals surface area (Å²) in [5.41, 5.74) is -1.13. The first-order valence-corrected chi connectivity index (χ1v) is 6.14. The number of Topliss-reactive ketones (excluding diaryl/α,β-unsaturated/α-hetero) is 1. The largest absolute Gasteiger partial charge is 0.481 e. The van der Waals surface area contributed by atoms with Crippen molar-refractivity contribution in [2.45, 2.75) is 24.3 Å². The smallest absolute Gasteiger partial charge is 0.416 e. The van der Waals surface area contributed by atoms with Crippen LogP contribution in [-0.2, 0) is 17.4 Å². The highest BCUT2D eigenvalue weighted by Gasteiger charge is 2.32. The number of hydrogen-bond donors (Lipinski definition) is 1. The highest BCUT2D eigenvalue weighted by Crippen LogP contribution is 2.31. The first-order valence-electron chi connectivity index (χ1n) is 5.23. The molecule has 1 atom stereocenters. The molecule has 0 bridgehead atoms. The first kappa shape index (κ1) is 15.7. The number of carboxylic acids is 1. The van der Waals surface area contributed by atoms with Crippen LogP contribution in [0.25, 0.3) is 0 Å². The summed E-state index contributed by atoms with van der Waals surface area (Å²) in [6, 6.07) is 2.49. The van der Waals surface area contributed by atoms with Gasteiger partial charge in [0, 0.05) is 5.56 Å². The molecule has 0 fully saturated rings. The second kappa shape index (κ2) is 5.73. The van der Waals surface area contributed by atoms with Crippen molar-refractivity contribution in [3.8, 4) is 0 Å². The van der Waals surface area contributed by atoms with Crippen LogP contribution >= 0.6 is 15.9 Å². The number of ketones is 1. The van der Waals surface area contributed by atoms with Crippen molar-refractivity contribution >= 4 is 27.7 Å². The number of hydrogen-bond acceptors (Lipinski definition) is 2. The van der Waals surface area contributed by atoms with Crippen LogP contribution in [0.2, 0.25) is 0 Å². The second-order valence-corrected chi connectivity index (χ2v) is 5.29. The summed E-state index contributed by atoms with van der Waals surface area (Å²) < 4.78 is 37.8. The summed E-state index contributed by atoms with van der Waals surface area (Å²) in [5, 5.41) is 8.70. The van der Waals surface area contributed by atoms with Crippen LogP contribution in [0.4, 0.5) is 13.2 Å². The normalized spacial score (nSPS) is 13.1. The third kappa shape index (κ3) is 4.05. The molecule has 0 aliphatic carbocycles. The van der Waals surface area contributed by atoms with E-state index in [1.165, 1.54) is 6.92 Å². The molecule has 1 aromatic rings. The minimum Gasteiger partial charge on any atom is -0.481 e. The Balaban J connectivity index is 3.34. The molecule has 0 radical (unpaired) electrons. The lowest BCUT2D eigenvalue weighted by atomic mass is 9.97. The molecule has 1 aromatic carbocycles. The van der Waals surface area contributed by atoms with Gasteiger partial charge in [-0.05, 0) is 24.6 Å². The number of carbonyl (C=O) groups excluding carboxylic acids is 1. The number of alkyl halides is 4. The Morgan fingerprint density at radius 3 is 2.37 bits per heavy atom. The van der Waals surface area contributed by atoms with Gasteiger partial charge in [-0.3, -0.25) is 9.59 Å². The van der Waals surface area contributed by atoms with E-state index in [2.05, 4.69) is 15.9 Å². The van der Waals surface area contributed by atoms with Gasteiger partial charge in [-0.2, -0.15) is 13.2 Å². The molecule has 104 valence electrons. The molecule has 0 saturated heterocycles. The Morgan fingerprint density at radius 2 is 1.95 bits per heavy atom. The van der Waals surface area contributed by atoms with Crippen LogP contribution in [0.1, 0.15) is 28.4 Å². The third-order valence-corrected chi connectivity index (χ3v) is 2.82. The maximum absolute atomic E-state index is 12.6. The van der Waals surface area contributed by atoms with Crippen molar-refractivity contribution in [1.29, 1.82) is 0 Å². The predicted octanol–water partition coefficient (Wildman–Crippen LogP) is 3.30. The van der Waals surface area contributed by atoms with Crippen LogP contribution < -0.4 is 0 Å². The summed E-state index contributed by atoms with van der Waals surface area (Å²) in [6.45, 7) is 1.47. The Kier molecular flexibility index (Phi) is 4.73. The zero-order valence-electron chi connectivity index (χ0n) is 9.79. The van der Waals surface area contributed by atoms with Gasteiger partial charge in [0.15, 0.2) is 5.78 Å². The highest BCUT2D eigenvalue weighted by atomic mass is 79.9. The van der Waals surface area contributed by atoms with Gasteiger partial charge in [0.25, 0.3) is 0 Å². The summed E-state index contributed by atoms with van der Waals surface area (Å²) >= 11 is 2.97. The maximum Gasteiger partial charge on any atom is 0.416 e. The molecule has 1 unspecified atom stereocenters. The van der Waals surface area contributed by atoms with Gasteiger partial charge in [0.05, 0.1) is 16.8 Å². The molecule has 1 rings (SSSR count). The highest BCUT2D eigenvalue weighted by molar-refractivity contribution is 9.10. The van der Waals surface area contributed by atoms with E-state index in [-0.39, 0.29) is 11.1 Å². The van der Waals surface area contributed by atoms with E-state index < -0.39 is 34.7 Å². The van der Waals surface area contributed by atoms with Crippen LogP contribution in [0.3, 0.4) is 0 Å². The van der Waals surface area contributed by atoms with E-state index in [0.29, 0.717) is 6.07 Å². The summed E-state index contributed by atoms with van der Waals surface area (Å²) in [5.74, 6) is -1.79. The minimum absolute atomic E-state index is 0.0665. The fourth-order valence-corrected chi connectivity index (χ4v) is 1.76. The van der Waals surface area contributed by atoms with Gasteiger partial charge in [-0.15, -0.1) is 0 Å². The van der Waals surface area contributed by atoms with Crippen molar-refractivity contribution in [2.24, 2.45) is 0 Å². The standard InChI is InChI=1S/C12H10BrF3O3/c1-6(13)11(19)9-5-8(12(14,15)16)3-2-7(9)4-10(17)18/h2-3,5-6H,4H2,1H3,(H,17,18). The van der Waals surface area contributed by atoms with Crippen molar-refractivity contribution < 1.29 is 27.9 Å². The Morgan fingerprint density at radius 1 is 1.37 bits per heavy atom.